The van der Waals surface area contributed by atoms with Gasteiger partial charge >= 0.3 is 0 Å². The molecule has 1 aliphatic rings. The van der Waals surface area contributed by atoms with Gasteiger partial charge in [0.15, 0.2) is 0 Å². The van der Waals surface area contributed by atoms with Crippen molar-refractivity contribution in [1.82, 2.24) is 4.90 Å². The van der Waals surface area contributed by atoms with Gasteiger partial charge in [-0.05, 0) is 30.2 Å². The largest absolute Gasteiger partial charge is 0.336 e. The van der Waals surface area contributed by atoms with Crippen LogP contribution < -0.4 is 10.2 Å². The average molecular weight is 412 g/mol. The Morgan fingerprint density at radius 1 is 1.14 bits per heavy atom. The van der Waals surface area contributed by atoms with Crippen LogP contribution in [0.5, 0.6) is 0 Å². The number of para-hydroxylation sites is 2. The van der Waals surface area contributed by atoms with Gasteiger partial charge < -0.3 is 15.1 Å². The van der Waals surface area contributed by atoms with Crippen molar-refractivity contribution in [2.24, 2.45) is 0 Å². The van der Waals surface area contributed by atoms with Gasteiger partial charge in [0.1, 0.15) is 0 Å². The summed E-state index contributed by atoms with van der Waals surface area (Å²) in [5.41, 5.74) is 2.67. The minimum absolute atomic E-state index is 0.00179. The van der Waals surface area contributed by atoms with E-state index in [4.69, 9.17) is 0 Å². The topological polar surface area (TPSA) is 69.7 Å². The molecule has 1 N–H and O–H groups in total. The summed E-state index contributed by atoms with van der Waals surface area (Å²) in [6.07, 6.45) is 0.981. The second-order valence-electron chi connectivity index (χ2n) is 6.86. The lowest BCUT2D eigenvalue weighted by atomic mass is 10.1. The van der Waals surface area contributed by atoms with Gasteiger partial charge in [0.25, 0.3) is 0 Å². The quantitative estimate of drug-likeness (QED) is 0.760. The molecule has 0 aliphatic carbocycles. The Kier molecular flexibility index (Phi) is 6.93. The number of rotatable bonds is 7. The van der Waals surface area contributed by atoms with Crippen molar-refractivity contribution in [3.8, 4) is 0 Å². The van der Waals surface area contributed by atoms with E-state index in [-0.39, 0.29) is 30.7 Å². The van der Waals surface area contributed by atoms with Crippen LogP contribution >= 0.6 is 11.8 Å². The SMILES string of the molecule is CCc1ccccc1NC(=O)CN(C)C(=O)CCN1C(=O)CSc2ccccc21. The number of nitrogens with one attached hydrogen (secondary N) is 1. The number of nitrogens with zero attached hydrogens (tertiary/aromatic N) is 2. The fourth-order valence-electron chi connectivity index (χ4n) is 3.24. The maximum atomic E-state index is 12.5. The zero-order chi connectivity index (χ0) is 20.8. The van der Waals surface area contributed by atoms with Crippen LogP contribution in [-0.4, -0.2) is 48.5 Å². The van der Waals surface area contributed by atoms with Crippen molar-refractivity contribution >= 4 is 40.9 Å². The van der Waals surface area contributed by atoms with E-state index in [0.29, 0.717) is 12.3 Å². The summed E-state index contributed by atoms with van der Waals surface area (Å²) in [7, 11) is 1.61. The molecule has 2 aromatic carbocycles. The first-order valence-electron chi connectivity index (χ1n) is 9.63. The van der Waals surface area contributed by atoms with Crippen LogP contribution in [0.15, 0.2) is 53.4 Å². The number of likely N-dealkylation sites (N-methyl/N-ethyl adjacent to an activating group) is 1. The van der Waals surface area contributed by atoms with Crippen LogP contribution in [0.2, 0.25) is 0 Å². The highest BCUT2D eigenvalue weighted by atomic mass is 32.2. The number of aryl methyl sites for hydroxylation is 1. The highest BCUT2D eigenvalue weighted by Crippen LogP contribution is 2.34. The molecule has 0 saturated heterocycles. The average Bonchev–Trinajstić information content (AvgIpc) is 2.73. The first-order valence-corrected chi connectivity index (χ1v) is 10.6. The molecule has 152 valence electrons. The maximum Gasteiger partial charge on any atom is 0.243 e. The van der Waals surface area contributed by atoms with E-state index >= 15 is 0 Å². The molecule has 1 heterocycles. The Labute approximate surface area is 175 Å². The Morgan fingerprint density at radius 3 is 2.66 bits per heavy atom. The molecule has 0 fully saturated rings. The van der Waals surface area contributed by atoms with E-state index in [1.54, 1.807) is 11.9 Å². The van der Waals surface area contributed by atoms with Crippen LogP contribution in [0.3, 0.4) is 0 Å². The number of fused-ring (bicyclic) bond motifs is 1. The number of carbonyl (C=O) groups excluding carboxylic acids is 3. The summed E-state index contributed by atoms with van der Waals surface area (Å²) in [6, 6.07) is 15.3. The summed E-state index contributed by atoms with van der Waals surface area (Å²) in [4.78, 5) is 41.3. The van der Waals surface area contributed by atoms with Gasteiger partial charge in [-0.25, -0.2) is 0 Å². The van der Waals surface area contributed by atoms with Gasteiger partial charge in [0.2, 0.25) is 17.7 Å². The highest BCUT2D eigenvalue weighted by molar-refractivity contribution is 8.00. The van der Waals surface area contributed by atoms with Gasteiger partial charge in [0.05, 0.1) is 18.0 Å². The first-order chi connectivity index (χ1) is 14.0. The Morgan fingerprint density at radius 2 is 1.86 bits per heavy atom. The lowest BCUT2D eigenvalue weighted by Crippen LogP contribution is -2.40. The molecule has 0 bridgehead atoms. The molecule has 0 atom stereocenters. The number of amides is 3. The Hall–Kier alpha value is -2.80. The normalized spacial score (nSPS) is 13.0. The molecule has 29 heavy (non-hydrogen) atoms. The second kappa shape index (κ2) is 9.60. The fourth-order valence-corrected chi connectivity index (χ4v) is 4.18. The third-order valence-corrected chi connectivity index (χ3v) is 5.88. The van der Waals surface area contributed by atoms with E-state index < -0.39 is 0 Å². The Bertz CT molecular complexity index is 916. The van der Waals surface area contributed by atoms with E-state index in [1.165, 1.54) is 16.7 Å². The molecular weight excluding hydrogens is 386 g/mol. The first kappa shape index (κ1) is 20.9. The molecule has 7 heteroatoms. The number of carbonyl (C=O) groups is 3. The molecule has 2 aromatic rings. The third kappa shape index (κ3) is 5.17. The van der Waals surface area contributed by atoms with Crippen molar-refractivity contribution in [2.45, 2.75) is 24.7 Å². The van der Waals surface area contributed by atoms with Crippen LogP contribution in [0.25, 0.3) is 0 Å². The summed E-state index contributed by atoms with van der Waals surface area (Å²) >= 11 is 1.51. The van der Waals surface area contributed by atoms with Crippen molar-refractivity contribution < 1.29 is 14.4 Å². The molecular formula is C22H25N3O3S. The number of thioether (sulfide) groups is 1. The maximum absolute atomic E-state index is 12.5. The molecule has 0 saturated carbocycles. The summed E-state index contributed by atoms with van der Waals surface area (Å²) in [6.45, 7) is 2.30. The molecule has 0 unspecified atom stereocenters. The molecule has 0 aromatic heterocycles. The number of hydrogen-bond donors (Lipinski definition) is 1. The molecule has 0 radical (unpaired) electrons. The number of hydrogen-bond acceptors (Lipinski definition) is 4. The van der Waals surface area contributed by atoms with Crippen LogP contribution in [0.1, 0.15) is 18.9 Å². The van der Waals surface area contributed by atoms with E-state index in [1.807, 2.05) is 55.5 Å². The van der Waals surface area contributed by atoms with E-state index in [2.05, 4.69) is 5.32 Å². The summed E-state index contributed by atoms with van der Waals surface area (Å²) < 4.78 is 0. The standard InChI is InChI=1S/C22H25N3O3S/c1-3-16-8-4-5-9-17(16)23-20(26)14-24(2)21(27)12-13-25-18-10-6-7-11-19(18)29-15-22(25)28/h4-11H,3,12-15H2,1-2H3,(H,23,26). The van der Waals surface area contributed by atoms with Crippen LogP contribution in [-0.2, 0) is 20.8 Å². The van der Waals surface area contributed by atoms with Crippen LogP contribution in [0, 0.1) is 0 Å². The van der Waals surface area contributed by atoms with Gasteiger partial charge in [-0.2, -0.15) is 0 Å². The van der Waals surface area contributed by atoms with E-state index in [0.717, 1.165) is 28.3 Å². The molecule has 1 aliphatic heterocycles. The second-order valence-corrected chi connectivity index (χ2v) is 7.88. The van der Waals surface area contributed by atoms with Crippen molar-refractivity contribution in [2.75, 3.05) is 36.1 Å². The van der Waals surface area contributed by atoms with Gasteiger partial charge in [-0.1, -0.05) is 37.3 Å². The van der Waals surface area contributed by atoms with Crippen molar-refractivity contribution in [3.05, 3.63) is 54.1 Å². The molecule has 3 rings (SSSR count). The fraction of sp³-hybridized carbons (Fsp3) is 0.318. The van der Waals surface area contributed by atoms with Gasteiger partial charge in [-0.3, -0.25) is 14.4 Å². The lowest BCUT2D eigenvalue weighted by Gasteiger charge is -2.29. The molecule has 0 spiro atoms. The Balaban J connectivity index is 1.54. The number of anilines is 2. The zero-order valence-electron chi connectivity index (χ0n) is 16.7. The third-order valence-electron chi connectivity index (χ3n) is 4.84. The predicted molar refractivity (Wildman–Crippen MR) is 116 cm³/mol. The van der Waals surface area contributed by atoms with Gasteiger partial charge in [-0.15, -0.1) is 11.8 Å². The minimum atomic E-state index is -0.238. The smallest absolute Gasteiger partial charge is 0.243 e. The highest BCUT2D eigenvalue weighted by Gasteiger charge is 2.25. The number of benzene rings is 2. The predicted octanol–water partition coefficient (Wildman–Crippen LogP) is 3.17. The molecule has 3 amide bonds. The zero-order valence-corrected chi connectivity index (χ0v) is 17.5. The molecule has 6 nitrogen and oxygen atoms in total. The van der Waals surface area contributed by atoms with Crippen molar-refractivity contribution in [3.63, 3.8) is 0 Å². The monoisotopic (exact) mass is 411 g/mol. The van der Waals surface area contributed by atoms with E-state index in [9.17, 15) is 14.4 Å². The van der Waals surface area contributed by atoms with Crippen molar-refractivity contribution in [1.29, 1.82) is 0 Å². The summed E-state index contributed by atoms with van der Waals surface area (Å²) in [5.74, 6) is -0.0386. The minimum Gasteiger partial charge on any atom is -0.336 e. The van der Waals surface area contributed by atoms with Gasteiger partial charge in [0, 0.05) is 30.6 Å². The summed E-state index contributed by atoms with van der Waals surface area (Å²) in [5, 5.41) is 2.87. The van der Waals surface area contributed by atoms with Crippen LogP contribution in [0.4, 0.5) is 11.4 Å². The lowest BCUT2D eigenvalue weighted by molar-refractivity contribution is -0.133.